The molecule has 0 aliphatic heterocycles. The molecule has 0 heterocycles. The largest absolute Gasteiger partial charge is 0.508 e. The van der Waals surface area contributed by atoms with Gasteiger partial charge >= 0.3 is 6.09 Å². The summed E-state index contributed by atoms with van der Waals surface area (Å²) >= 11 is 0. The Morgan fingerprint density at radius 2 is 1.82 bits per heavy atom. The van der Waals surface area contributed by atoms with E-state index in [-0.39, 0.29) is 5.75 Å². The lowest BCUT2D eigenvalue weighted by Gasteiger charge is -2.30. The van der Waals surface area contributed by atoms with Crippen molar-refractivity contribution >= 4 is 23.8 Å². The van der Waals surface area contributed by atoms with Crippen molar-refractivity contribution in [2.24, 2.45) is 5.73 Å². The van der Waals surface area contributed by atoms with Crippen LogP contribution in [0.4, 0.5) is 4.79 Å². The van der Waals surface area contributed by atoms with Crippen molar-refractivity contribution in [1.29, 1.82) is 0 Å². The molecule has 5 N–H and O–H groups in total. The number of rotatable bonds is 10. The van der Waals surface area contributed by atoms with Gasteiger partial charge in [0.1, 0.15) is 23.4 Å². The zero-order valence-electron chi connectivity index (χ0n) is 19.4. The van der Waals surface area contributed by atoms with Crippen LogP contribution in [0, 0.1) is 12.5 Å². The summed E-state index contributed by atoms with van der Waals surface area (Å²) in [6.07, 6.45) is 5.64. The highest BCUT2D eigenvalue weighted by molar-refractivity contribution is 5.95. The summed E-state index contributed by atoms with van der Waals surface area (Å²) in [7, 11) is 0. The number of ether oxygens (including phenoxy) is 1. The monoisotopic (exact) mass is 460 g/mol. The number of carbonyl (C=O) groups excluding carboxylic acids is 4. The Labute approximate surface area is 193 Å². The van der Waals surface area contributed by atoms with E-state index in [0.29, 0.717) is 18.5 Å². The van der Waals surface area contributed by atoms with E-state index in [2.05, 4.69) is 16.7 Å². The molecule has 180 valence electrons. The topological polar surface area (TPSA) is 151 Å². The van der Waals surface area contributed by atoms with Crippen molar-refractivity contribution in [2.45, 2.75) is 64.6 Å². The van der Waals surface area contributed by atoms with E-state index < -0.39 is 47.9 Å². The van der Waals surface area contributed by atoms with Gasteiger partial charge in [-0.15, -0.1) is 0 Å². The Hall–Kier alpha value is -3.74. The number of hydrogen-bond donors (Lipinski definition) is 4. The van der Waals surface area contributed by atoms with Crippen LogP contribution >= 0.6 is 0 Å². The number of nitrogens with one attached hydrogen (secondary N) is 2. The summed E-state index contributed by atoms with van der Waals surface area (Å²) in [6.45, 7) is 7.21. The Balaban J connectivity index is 3.30. The van der Waals surface area contributed by atoms with Gasteiger partial charge in [-0.05, 0) is 44.9 Å². The van der Waals surface area contributed by atoms with E-state index in [4.69, 9.17) is 16.9 Å². The van der Waals surface area contributed by atoms with Crippen LogP contribution in [0.5, 0.6) is 5.75 Å². The van der Waals surface area contributed by atoms with E-state index >= 15 is 0 Å². The van der Waals surface area contributed by atoms with Crippen LogP contribution in [-0.2, 0) is 19.1 Å². The number of benzene rings is 1. The molecule has 1 aromatic rings. The van der Waals surface area contributed by atoms with E-state index in [1.807, 2.05) is 6.92 Å². The van der Waals surface area contributed by atoms with Crippen molar-refractivity contribution in [3.63, 3.8) is 0 Å². The minimum Gasteiger partial charge on any atom is -0.508 e. The number of amides is 4. The number of unbranched alkanes of at least 4 members (excludes halogenated alkanes) is 1. The smallest absolute Gasteiger partial charge is 0.408 e. The summed E-state index contributed by atoms with van der Waals surface area (Å²) in [5, 5.41) is 14.6. The van der Waals surface area contributed by atoms with Crippen molar-refractivity contribution in [3.8, 4) is 18.2 Å². The molecule has 0 aromatic heterocycles. The molecular weight excluding hydrogens is 428 g/mol. The number of alkyl carbamates (subject to hydrolysis) is 1. The molecule has 2 atom stereocenters. The van der Waals surface area contributed by atoms with Gasteiger partial charge in [0.15, 0.2) is 0 Å². The lowest BCUT2D eigenvalue weighted by Crippen LogP contribution is -2.52. The highest BCUT2D eigenvalue weighted by Gasteiger charge is 2.36. The fraction of sp³-hybridized carbons (Fsp3) is 0.478. The van der Waals surface area contributed by atoms with Gasteiger partial charge in [0.2, 0.25) is 11.8 Å². The Bertz CT molecular complexity index is 886. The third kappa shape index (κ3) is 9.11. The maximum absolute atomic E-state index is 13.3. The Morgan fingerprint density at radius 1 is 1.21 bits per heavy atom. The van der Waals surface area contributed by atoms with Crippen LogP contribution < -0.4 is 16.4 Å². The van der Waals surface area contributed by atoms with Crippen molar-refractivity contribution in [1.82, 2.24) is 15.5 Å². The zero-order valence-corrected chi connectivity index (χ0v) is 19.4. The maximum atomic E-state index is 13.3. The highest BCUT2D eigenvalue weighted by Crippen LogP contribution is 2.24. The van der Waals surface area contributed by atoms with Gasteiger partial charge in [0.05, 0.1) is 6.42 Å². The van der Waals surface area contributed by atoms with Gasteiger partial charge in [-0.1, -0.05) is 31.9 Å². The third-order valence-electron chi connectivity index (χ3n) is 4.32. The van der Waals surface area contributed by atoms with Gasteiger partial charge in [-0.3, -0.25) is 19.3 Å². The van der Waals surface area contributed by atoms with Crippen LogP contribution in [0.2, 0.25) is 0 Å². The van der Waals surface area contributed by atoms with Gasteiger partial charge in [-0.2, -0.15) is 0 Å². The molecule has 10 nitrogen and oxygen atoms in total. The fourth-order valence-corrected chi connectivity index (χ4v) is 2.84. The summed E-state index contributed by atoms with van der Waals surface area (Å²) < 4.78 is 5.15. The van der Waals surface area contributed by atoms with Crippen LogP contribution in [-0.4, -0.2) is 52.0 Å². The predicted octanol–water partition coefficient (Wildman–Crippen LogP) is 1.54. The first kappa shape index (κ1) is 27.3. The van der Waals surface area contributed by atoms with Gasteiger partial charge in [0, 0.05) is 12.6 Å². The second kappa shape index (κ2) is 12.3. The number of nitrogens with zero attached hydrogens (tertiary/aromatic N) is 1. The summed E-state index contributed by atoms with van der Waals surface area (Å²) in [6, 6.07) is 5.02. The number of phenols is 1. The number of terminal acetylenes is 1. The molecule has 33 heavy (non-hydrogen) atoms. The standard InChI is InChI=1S/C23H32N4O6/c1-6-8-13-25-20(30)19(15-9-11-16(28)12-10-15)27(7-2)21(31)17(14-18(24)29)26-22(32)33-23(3,4)5/h2,9-12,17,19,28H,6,8,13-14H2,1,3-5H3,(H2,24,29)(H,25,30)(H,26,32). The van der Waals surface area contributed by atoms with Crippen LogP contribution in [0.3, 0.4) is 0 Å². The normalized spacial score (nSPS) is 12.6. The molecular formula is C23H32N4O6. The first-order chi connectivity index (χ1) is 15.4. The average Bonchev–Trinajstić information content (AvgIpc) is 2.70. The van der Waals surface area contributed by atoms with Crippen molar-refractivity contribution in [3.05, 3.63) is 29.8 Å². The molecule has 0 spiro atoms. The average molecular weight is 461 g/mol. The Kier molecular flexibility index (Phi) is 10.2. The summed E-state index contributed by atoms with van der Waals surface area (Å²) in [5.74, 6) is -2.36. The quantitative estimate of drug-likeness (QED) is 0.236. The zero-order chi connectivity index (χ0) is 25.2. The fourth-order valence-electron chi connectivity index (χ4n) is 2.84. The molecule has 0 aliphatic rings. The van der Waals surface area contributed by atoms with Crippen molar-refractivity contribution < 1.29 is 29.0 Å². The SMILES string of the molecule is C#CN(C(=O)C(CC(N)=O)NC(=O)OC(C)(C)C)C(C(=O)NCCCC)c1ccc(O)cc1. The van der Waals surface area contributed by atoms with Crippen molar-refractivity contribution in [2.75, 3.05) is 6.54 Å². The molecule has 4 amide bonds. The van der Waals surface area contributed by atoms with Gasteiger partial charge in [0.25, 0.3) is 5.91 Å². The molecule has 10 heteroatoms. The van der Waals surface area contributed by atoms with E-state index in [1.165, 1.54) is 24.3 Å². The molecule has 0 bridgehead atoms. The Morgan fingerprint density at radius 3 is 2.30 bits per heavy atom. The lowest BCUT2D eigenvalue weighted by molar-refractivity contribution is -0.139. The molecule has 1 aromatic carbocycles. The molecule has 0 fully saturated rings. The second-order valence-corrected chi connectivity index (χ2v) is 8.35. The van der Waals surface area contributed by atoms with Crippen LogP contribution in [0.25, 0.3) is 0 Å². The summed E-state index contributed by atoms with van der Waals surface area (Å²) in [5.41, 5.74) is 4.73. The first-order valence-electron chi connectivity index (χ1n) is 10.5. The van der Waals surface area contributed by atoms with Crippen LogP contribution in [0.1, 0.15) is 58.6 Å². The number of hydrogen-bond acceptors (Lipinski definition) is 6. The second-order valence-electron chi connectivity index (χ2n) is 8.35. The minimum absolute atomic E-state index is 0.0410. The van der Waals surface area contributed by atoms with E-state index in [9.17, 15) is 24.3 Å². The van der Waals surface area contributed by atoms with Gasteiger partial charge < -0.3 is 26.2 Å². The molecule has 0 radical (unpaired) electrons. The number of primary amides is 1. The first-order valence-corrected chi connectivity index (χ1v) is 10.5. The minimum atomic E-state index is -1.46. The van der Waals surface area contributed by atoms with E-state index in [1.54, 1.807) is 20.8 Å². The molecule has 0 aliphatic carbocycles. The number of nitrogens with two attached hydrogens (primary N) is 1. The summed E-state index contributed by atoms with van der Waals surface area (Å²) in [4.78, 5) is 50.9. The molecule has 0 saturated heterocycles. The molecule has 1 rings (SSSR count). The van der Waals surface area contributed by atoms with E-state index in [0.717, 1.165) is 11.3 Å². The number of carbonyl (C=O) groups is 4. The maximum Gasteiger partial charge on any atom is 0.408 e. The lowest BCUT2D eigenvalue weighted by atomic mass is 10.0. The predicted molar refractivity (Wildman–Crippen MR) is 121 cm³/mol. The van der Waals surface area contributed by atoms with Gasteiger partial charge in [-0.25, -0.2) is 4.79 Å². The number of aromatic hydroxyl groups is 1. The highest BCUT2D eigenvalue weighted by atomic mass is 16.6. The third-order valence-corrected chi connectivity index (χ3v) is 4.32. The van der Waals surface area contributed by atoms with Crippen LogP contribution in [0.15, 0.2) is 24.3 Å². The molecule has 0 saturated carbocycles. The number of phenolic OH excluding ortho intramolecular Hbond substituents is 1. The molecule has 2 unspecified atom stereocenters.